The van der Waals surface area contributed by atoms with Gasteiger partial charge in [-0.05, 0) is 36.4 Å². The zero-order chi connectivity index (χ0) is 26.5. The zero-order valence-electron chi connectivity index (χ0n) is 20.1. The van der Waals surface area contributed by atoms with E-state index in [-0.39, 0.29) is 24.1 Å². The van der Waals surface area contributed by atoms with Crippen molar-refractivity contribution in [2.45, 2.75) is 0 Å². The fourth-order valence-electron chi connectivity index (χ4n) is 3.80. The van der Waals surface area contributed by atoms with Gasteiger partial charge in [-0.25, -0.2) is 9.79 Å². The van der Waals surface area contributed by atoms with E-state index in [0.29, 0.717) is 33.4 Å². The van der Waals surface area contributed by atoms with E-state index in [4.69, 9.17) is 15.5 Å². The molecule has 0 atom stereocenters. The molecule has 0 fully saturated rings. The van der Waals surface area contributed by atoms with Crippen molar-refractivity contribution in [1.82, 2.24) is 9.88 Å². The highest BCUT2D eigenvalue weighted by Crippen LogP contribution is 2.33. The van der Waals surface area contributed by atoms with Crippen LogP contribution in [0.25, 0.3) is 10.9 Å². The normalized spacial score (nSPS) is 11.2. The summed E-state index contributed by atoms with van der Waals surface area (Å²) in [5.74, 6) is -0.830. The van der Waals surface area contributed by atoms with Crippen molar-refractivity contribution < 1.29 is 29.0 Å². The SMILES string of the molecule is COC(=O)Oc1ccc2c(C(=Nc3ccc(C(=O)N(C)CC(N)=O)cc3)c3ccccc3)c(O)[nH]c2c1. The number of aromatic amines is 1. The van der Waals surface area contributed by atoms with E-state index in [9.17, 15) is 19.5 Å². The molecule has 4 rings (SSSR count). The Hall–Kier alpha value is -5.12. The second-order valence-corrected chi connectivity index (χ2v) is 8.11. The molecule has 0 unspecified atom stereocenters. The Bertz CT molecular complexity index is 1490. The minimum absolute atomic E-state index is 0.118. The van der Waals surface area contributed by atoms with Crippen LogP contribution in [0.5, 0.6) is 11.6 Å². The lowest BCUT2D eigenvalue weighted by molar-refractivity contribution is -0.118. The van der Waals surface area contributed by atoms with Crippen molar-refractivity contribution >= 4 is 40.3 Å². The van der Waals surface area contributed by atoms with Gasteiger partial charge in [0.15, 0.2) is 5.88 Å². The number of amides is 2. The molecule has 4 N–H and O–H groups in total. The lowest BCUT2D eigenvalue weighted by atomic mass is 10.0. The number of hydrogen-bond donors (Lipinski definition) is 3. The van der Waals surface area contributed by atoms with Gasteiger partial charge in [-0.3, -0.25) is 9.59 Å². The van der Waals surface area contributed by atoms with Crippen LogP contribution in [0.4, 0.5) is 10.5 Å². The van der Waals surface area contributed by atoms with Gasteiger partial charge in [0.2, 0.25) is 5.91 Å². The number of hydrogen-bond acceptors (Lipinski definition) is 7. The summed E-state index contributed by atoms with van der Waals surface area (Å²) in [6.45, 7) is -0.191. The number of carbonyl (C=O) groups excluding carboxylic acids is 3. The van der Waals surface area contributed by atoms with Crippen molar-refractivity contribution in [1.29, 1.82) is 0 Å². The highest BCUT2D eigenvalue weighted by Gasteiger charge is 2.20. The minimum atomic E-state index is -0.857. The highest BCUT2D eigenvalue weighted by molar-refractivity contribution is 6.22. The molecule has 0 aliphatic heterocycles. The number of likely N-dealkylation sites (N-methyl/N-ethyl adjacent to an activating group) is 1. The summed E-state index contributed by atoms with van der Waals surface area (Å²) < 4.78 is 9.61. The Morgan fingerprint density at radius 3 is 2.35 bits per heavy atom. The molecule has 4 aromatic rings. The van der Waals surface area contributed by atoms with Gasteiger partial charge in [0.25, 0.3) is 5.91 Å². The van der Waals surface area contributed by atoms with E-state index >= 15 is 0 Å². The first-order valence-corrected chi connectivity index (χ1v) is 11.2. The molecule has 0 spiro atoms. The third kappa shape index (κ3) is 5.59. The van der Waals surface area contributed by atoms with Gasteiger partial charge in [0.1, 0.15) is 5.75 Å². The molecular formula is C27H24N4O6. The molecule has 0 saturated heterocycles. The van der Waals surface area contributed by atoms with Crippen molar-refractivity contribution in [3.05, 3.63) is 89.5 Å². The summed E-state index contributed by atoms with van der Waals surface area (Å²) in [5, 5.41) is 11.5. The summed E-state index contributed by atoms with van der Waals surface area (Å²) >= 11 is 0. The summed E-state index contributed by atoms with van der Waals surface area (Å²) in [5.41, 5.74) is 8.29. The number of nitrogens with one attached hydrogen (secondary N) is 1. The van der Waals surface area contributed by atoms with E-state index < -0.39 is 12.1 Å². The number of carbonyl (C=O) groups is 3. The van der Waals surface area contributed by atoms with Crippen molar-refractivity contribution in [2.24, 2.45) is 10.7 Å². The van der Waals surface area contributed by atoms with E-state index in [1.54, 1.807) is 42.5 Å². The average Bonchev–Trinajstić information content (AvgIpc) is 3.21. The molecule has 188 valence electrons. The quantitative estimate of drug-likeness (QED) is 0.200. The van der Waals surface area contributed by atoms with Crippen molar-refractivity contribution in [3.63, 3.8) is 0 Å². The maximum Gasteiger partial charge on any atom is 0.513 e. The van der Waals surface area contributed by atoms with Crippen LogP contribution in [-0.4, -0.2) is 59.4 Å². The largest absolute Gasteiger partial charge is 0.513 e. The first-order chi connectivity index (χ1) is 17.8. The molecule has 0 saturated carbocycles. The van der Waals surface area contributed by atoms with Crippen LogP contribution in [-0.2, 0) is 9.53 Å². The second-order valence-electron chi connectivity index (χ2n) is 8.11. The number of ether oxygens (including phenoxy) is 2. The monoisotopic (exact) mass is 500 g/mol. The molecule has 10 heteroatoms. The predicted molar refractivity (Wildman–Crippen MR) is 137 cm³/mol. The smallest absolute Gasteiger partial charge is 0.494 e. The number of primary amides is 1. The number of H-pyrrole nitrogens is 1. The lowest BCUT2D eigenvalue weighted by Gasteiger charge is -2.15. The average molecular weight is 501 g/mol. The third-order valence-corrected chi connectivity index (χ3v) is 5.50. The van der Waals surface area contributed by atoms with Gasteiger partial charge in [0, 0.05) is 29.6 Å². The summed E-state index contributed by atoms with van der Waals surface area (Å²) in [4.78, 5) is 44.1. The number of methoxy groups -OCH3 is 1. The summed E-state index contributed by atoms with van der Waals surface area (Å²) in [6.07, 6.45) is -0.857. The van der Waals surface area contributed by atoms with E-state index in [1.807, 2.05) is 30.3 Å². The van der Waals surface area contributed by atoms with Crippen LogP contribution in [0.3, 0.4) is 0 Å². The molecule has 3 aromatic carbocycles. The molecule has 1 heterocycles. The Morgan fingerprint density at radius 1 is 1.00 bits per heavy atom. The third-order valence-electron chi connectivity index (χ3n) is 5.50. The maximum absolute atomic E-state index is 12.5. The summed E-state index contributed by atoms with van der Waals surface area (Å²) in [7, 11) is 2.71. The second kappa shape index (κ2) is 10.6. The molecule has 0 aliphatic rings. The Kier molecular flexibility index (Phi) is 7.19. The zero-order valence-corrected chi connectivity index (χ0v) is 20.1. The Labute approximate surface area is 211 Å². The minimum Gasteiger partial charge on any atom is -0.494 e. The van der Waals surface area contributed by atoms with Crippen LogP contribution in [0.15, 0.2) is 77.8 Å². The molecule has 10 nitrogen and oxygen atoms in total. The van der Waals surface area contributed by atoms with Gasteiger partial charge >= 0.3 is 6.16 Å². The van der Waals surface area contributed by atoms with E-state index in [2.05, 4.69) is 9.72 Å². The Morgan fingerprint density at radius 2 is 1.70 bits per heavy atom. The van der Waals surface area contributed by atoms with Crippen molar-refractivity contribution in [2.75, 3.05) is 20.7 Å². The first kappa shape index (κ1) is 25.0. The number of aromatic hydroxyl groups is 1. The van der Waals surface area contributed by atoms with Gasteiger partial charge in [-0.2, -0.15) is 0 Å². The van der Waals surface area contributed by atoms with E-state index in [0.717, 1.165) is 5.56 Å². The lowest BCUT2D eigenvalue weighted by Crippen LogP contribution is -2.35. The number of aliphatic imine (C=N–C) groups is 1. The molecule has 37 heavy (non-hydrogen) atoms. The van der Waals surface area contributed by atoms with Crippen LogP contribution in [0, 0.1) is 0 Å². The molecule has 0 radical (unpaired) electrons. The molecule has 1 aromatic heterocycles. The standard InChI is InChI=1S/C27H24N4O6/c1-31(15-22(28)32)26(34)17-8-10-18(11-9-17)29-24(16-6-4-3-5-7-16)23-20-13-12-19(37-27(35)36-2)14-21(20)30-25(23)33/h3-14,30,33H,15H2,1-2H3,(H2,28,32). The number of fused-ring (bicyclic) bond motifs is 1. The molecular weight excluding hydrogens is 476 g/mol. The number of aromatic nitrogens is 1. The molecule has 0 aliphatic carbocycles. The number of nitrogens with two attached hydrogens (primary N) is 1. The van der Waals surface area contributed by atoms with Gasteiger partial charge in [0.05, 0.1) is 36.1 Å². The van der Waals surface area contributed by atoms with Crippen LogP contribution < -0.4 is 10.5 Å². The van der Waals surface area contributed by atoms with E-state index in [1.165, 1.54) is 19.1 Å². The predicted octanol–water partition coefficient (Wildman–Crippen LogP) is 3.75. The number of rotatable bonds is 7. The van der Waals surface area contributed by atoms with Crippen LogP contribution >= 0.6 is 0 Å². The first-order valence-electron chi connectivity index (χ1n) is 11.2. The van der Waals surface area contributed by atoms with Crippen molar-refractivity contribution in [3.8, 4) is 11.6 Å². The van der Waals surface area contributed by atoms with Gasteiger partial charge in [-0.1, -0.05) is 30.3 Å². The summed E-state index contributed by atoms with van der Waals surface area (Å²) in [6, 6.07) is 20.7. The molecule has 0 bridgehead atoms. The van der Waals surface area contributed by atoms with Crippen LogP contribution in [0.2, 0.25) is 0 Å². The fraction of sp³-hybridized carbons (Fsp3) is 0.111. The topological polar surface area (TPSA) is 147 Å². The van der Waals surface area contributed by atoms with Gasteiger partial charge < -0.3 is 30.2 Å². The fourth-order valence-corrected chi connectivity index (χ4v) is 3.80. The highest BCUT2D eigenvalue weighted by atomic mass is 16.7. The number of nitrogens with zero attached hydrogens (tertiary/aromatic N) is 2. The molecule has 2 amide bonds. The Balaban J connectivity index is 1.75. The maximum atomic E-state index is 12.5. The van der Waals surface area contributed by atoms with Crippen LogP contribution in [0.1, 0.15) is 21.5 Å². The number of benzene rings is 3. The van der Waals surface area contributed by atoms with Gasteiger partial charge in [-0.15, -0.1) is 0 Å².